The van der Waals surface area contributed by atoms with Crippen LogP contribution in [0.2, 0.25) is 0 Å². The average Bonchev–Trinajstić information content (AvgIpc) is 3.71. The summed E-state index contributed by atoms with van der Waals surface area (Å²) in [6, 6.07) is 16.4. The number of hydrogen-bond donors (Lipinski definition) is 3. The minimum atomic E-state index is -0.810. The Morgan fingerprint density at radius 1 is 0.943 bits per heavy atom. The Morgan fingerprint density at radius 2 is 1.57 bits per heavy atom. The summed E-state index contributed by atoms with van der Waals surface area (Å²) in [5.74, 6) is -1.05. The zero-order valence-corrected chi connectivity index (χ0v) is 19.6. The molecule has 0 aliphatic heterocycles. The number of carbonyl (C=O) groups excluding carboxylic acids is 2. The molecule has 182 valence electrons. The SMILES string of the molecule is O=C(CC1(NC(=O)OCC2c3ccccc3-c3ccccc32)CC1)NCC1(C(=O)O)CC12CCC2. The van der Waals surface area contributed by atoms with Crippen LogP contribution >= 0.6 is 0 Å². The third-order valence-corrected chi connectivity index (χ3v) is 8.90. The molecule has 7 nitrogen and oxygen atoms in total. The van der Waals surface area contributed by atoms with Crippen LogP contribution in [0.4, 0.5) is 4.79 Å². The highest BCUT2D eigenvalue weighted by Crippen LogP contribution is 2.73. The largest absolute Gasteiger partial charge is 0.481 e. The smallest absolute Gasteiger partial charge is 0.407 e. The molecule has 4 aliphatic rings. The maximum atomic E-state index is 12.7. The zero-order valence-electron chi connectivity index (χ0n) is 19.6. The number of aliphatic carboxylic acids is 1. The molecule has 0 saturated heterocycles. The highest BCUT2D eigenvalue weighted by molar-refractivity contribution is 5.84. The molecule has 3 fully saturated rings. The Kier molecular flexibility index (Phi) is 4.95. The summed E-state index contributed by atoms with van der Waals surface area (Å²) in [6.07, 6.45) is 4.62. The summed E-state index contributed by atoms with van der Waals surface area (Å²) in [7, 11) is 0. The van der Waals surface area contributed by atoms with Crippen molar-refractivity contribution in [3.8, 4) is 11.1 Å². The number of carboxylic acids is 1. The zero-order chi connectivity index (χ0) is 24.3. The first-order valence-electron chi connectivity index (χ1n) is 12.5. The second kappa shape index (κ2) is 7.83. The average molecular weight is 475 g/mol. The normalized spacial score (nSPS) is 24.0. The Morgan fingerprint density at radius 3 is 2.09 bits per heavy atom. The van der Waals surface area contributed by atoms with Crippen LogP contribution < -0.4 is 10.6 Å². The van der Waals surface area contributed by atoms with Gasteiger partial charge in [-0.1, -0.05) is 55.0 Å². The number of hydrogen-bond acceptors (Lipinski definition) is 4. The van der Waals surface area contributed by atoms with Crippen LogP contribution in [0, 0.1) is 10.8 Å². The summed E-state index contributed by atoms with van der Waals surface area (Å²) >= 11 is 0. The number of fused-ring (bicyclic) bond motifs is 3. The molecule has 1 unspecified atom stereocenters. The van der Waals surface area contributed by atoms with E-state index in [4.69, 9.17) is 4.74 Å². The molecule has 0 heterocycles. The molecule has 3 saturated carbocycles. The fourth-order valence-corrected chi connectivity index (χ4v) is 6.39. The molecule has 0 radical (unpaired) electrons. The Hall–Kier alpha value is -3.35. The van der Waals surface area contributed by atoms with Gasteiger partial charge in [0.2, 0.25) is 5.91 Å². The highest BCUT2D eigenvalue weighted by atomic mass is 16.5. The van der Waals surface area contributed by atoms with Crippen molar-refractivity contribution >= 4 is 18.0 Å². The topological polar surface area (TPSA) is 105 Å². The van der Waals surface area contributed by atoms with Crippen molar-refractivity contribution in [1.82, 2.24) is 10.6 Å². The van der Waals surface area contributed by atoms with Crippen LogP contribution in [0.3, 0.4) is 0 Å². The van der Waals surface area contributed by atoms with E-state index in [1.165, 1.54) is 11.1 Å². The van der Waals surface area contributed by atoms with Crippen LogP contribution in [-0.4, -0.2) is 41.8 Å². The molecular weight excluding hydrogens is 444 g/mol. The fourth-order valence-electron chi connectivity index (χ4n) is 6.39. The van der Waals surface area contributed by atoms with Gasteiger partial charge in [-0.25, -0.2) is 4.79 Å². The first kappa shape index (κ1) is 22.1. The molecule has 2 aromatic carbocycles. The van der Waals surface area contributed by atoms with Gasteiger partial charge < -0.3 is 20.5 Å². The van der Waals surface area contributed by atoms with E-state index in [9.17, 15) is 19.5 Å². The van der Waals surface area contributed by atoms with E-state index in [0.29, 0.717) is 19.3 Å². The fraction of sp³-hybridized carbons (Fsp3) is 0.464. The van der Waals surface area contributed by atoms with Crippen molar-refractivity contribution in [2.24, 2.45) is 10.8 Å². The molecular formula is C28H30N2O5. The third-order valence-electron chi connectivity index (χ3n) is 8.90. The Labute approximate surface area is 204 Å². The summed E-state index contributed by atoms with van der Waals surface area (Å²) in [6.45, 7) is 0.396. The quantitative estimate of drug-likeness (QED) is 0.532. The summed E-state index contributed by atoms with van der Waals surface area (Å²) in [5, 5.41) is 15.5. The third kappa shape index (κ3) is 3.60. The molecule has 3 N–H and O–H groups in total. The van der Waals surface area contributed by atoms with Crippen LogP contribution in [0.25, 0.3) is 11.1 Å². The van der Waals surface area contributed by atoms with Gasteiger partial charge in [-0.15, -0.1) is 0 Å². The maximum Gasteiger partial charge on any atom is 0.407 e. The molecule has 1 spiro atoms. The van der Waals surface area contributed by atoms with Crippen LogP contribution in [0.15, 0.2) is 48.5 Å². The molecule has 1 atom stereocenters. The summed E-state index contributed by atoms with van der Waals surface area (Å²) in [4.78, 5) is 37.2. The number of ether oxygens (including phenoxy) is 1. The predicted molar refractivity (Wildman–Crippen MR) is 129 cm³/mol. The van der Waals surface area contributed by atoms with E-state index in [2.05, 4.69) is 34.9 Å². The lowest BCUT2D eigenvalue weighted by atomic mass is 9.75. The van der Waals surface area contributed by atoms with E-state index >= 15 is 0 Å². The molecule has 2 amide bonds. The number of benzene rings is 2. The molecule has 6 rings (SSSR count). The van der Waals surface area contributed by atoms with Gasteiger partial charge in [0.25, 0.3) is 0 Å². The number of carboxylic acid groups (broad SMARTS) is 1. The molecule has 4 aliphatic carbocycles. The van der Waals surface area contributed by atoms with Gasteiger partial charge in [-0.2, -0.15) is 0 Å². The molecule has 7 heteroatoms. The Bertz CT molecular complexity index is 1170. The van der Waals surface area contributed by atoms with Crippen molar-refractivity contribution in [2.45, 2.75) is 56.4 Å². The van der Waals surface area contributed by atoms with E-state index in [1.807, 2.05) is 24.3 Å². The second-order valence-corrected chi connectivity index (χ2v) is 10.9. The summed E-state index contributed by atoms with van der Waals surface area (Å²) in [5.41, 5.74) is 3.14. The minimum absolute atomic E-state index is 0.0174. The predicted octanol–water partition coefficient (Wildman–Crippen LogP) is 4.21. The van der Waals surface area contributed by atoms with Gasteiger partial charge in [-0.3, -0.25) is 9.59 Å². The van der Waals surface area contributed by atoms with Gasteiger partial charge in [0.1, 0.15) is 6.61 Å². The van der Waals surface area contributed by atoms with Gasteiger partial charge in [0, 0.05) is 18.9 Å². The monoisotopic (exact) mass is 474 g/mol. The number of carbonyl (C=O) groups is 3. The van der Waals surface area contributed by atoms with Crippen LogP contribution in [-0.2, 0) is 14.3 Å². The number of rotatable bonds is 8. The summed E-state index contributed by atoms with van der Waals surface area (Å²) < 4.78 is 5.64. The van der Waals surface area contributed by atoms with E-state index < -0.39 is 23.0 Å². The van der Waals surface area contributed by atoms with E-state index in [1.54, 1.807) is 0 Å². The minimum Gasteiger partial charge on any atom is -0.481 e. The van der Waals surface area contributed by atoms with Crippen molar-refractivity contribution < 1.29 is 24.2 Å². The molecule has 35 heavy (non-hydrogen) atoms. The van der Waals surface area contributed by atoms with Gasteiger partial charge in [0.15, 0.2) is 0 Å². The van der Waals surface area contributed by atoms with Crippen LogP contribution in [0.5, 0.6) is 0 Å². The lowest BCUT2D eigenvalue weighted by molar-refractivity contribution is -0.146. The number of alkyl carbamates (subject to hydrolysis) is 1. The van der Waals surface area contributed by atoms with Crippen molar-refractivity contribution in [3.63, 3.8) is 0 Å². The second-order valence-electron chi connectivity index (χ2n) is 10.9. The molecule has 0 aromatic heterocycles. The lowest BCUT2D eigenvalue weighted by Crippen LogP contribution is -2.44. The first-order chi connectivity index (χ1) is 16.9. The van der Waals surface area contributed by atoms with Crippen LogP contribution in [0.1, 0.15) is 62.0 Å². The van der Waals surface area contributed by atoms with Crippen molar-refractivity contribution in [2.75, 3.05) is 13.2 Å². The molecule has 2 aromatic rings. The number of amides is 2. The maximum absolute atomic E-state index is 12.7. The van der Waals surface area contributed by atoms with Gasteiger partial charge in [-0.05, 0) is 59.8 Å². The highest BCUT2D eigenvalue weighted by Gasteiger charge is 2.73. The number of nitrogens with one attached hydrogen (secondary N) is 2. The van der Waals surface area contributed by atoms with Gasteiger partial charge in [0.05, 0.1) is 11.0 Å². The van der Waals surface area contributed by atoms with E-state index in [-0.39, 0.29) is 36.8 Å². The van der Waals surface area contributed by atoms with Crippen molar-refractivity contribution in [1.29, 1.82) is 0 Å². The van der Waals surface area contributed by atoms with Crippen molar-refractivity contribution in [3.05, 3.63) is 59.7 Å². The molecule has 0 bridgehead atoms. The standard InChI is InChI=1S/C28H30N2O5/c31-23(29-17-28(24(32)33)16-26(28)10-5-11-26)14-27(12-13-27)30-25(34)35-15-22-20-8-3-1-6-18(20)19-7-2-4-9-21(19)22/h1-4,6-9,22H,5,10-17H2,(H,29,31)(H,30,34)(H,32,33). The Balaban J connectivity index is 1.03. The van der Waals surface area contributed by atoms with E-state index in [0.717, 1.165) is 30.4 Å². The van der Waals surface area contributed by atoms with Gasteiger partial charge >= 0.3 is 12.1 Å². The first-order valence-corrected chi connectivity index (χ1v) is 12.5. The lowest BCUT2D eigenvalue weighted by Gasteiger charge is -2.31.